The summed E-state index contributed by atoms with van der Waals surface area (Å²) in [5.74, 6) is -2.69. The number of phenols is 1. The maximum absolute atomic E-state index is 10.7. The molecule has 0 spiro atoms. The van der Waals surface area contributed by atoms with Crippen LogP contribution < -0.4 is 5.73 Å². The van der Waals surface area contributed by atoms with Crippen molar-refractivity contribution in [1.29, 1.82) is 0 Å². The largest absolute Gasteiger partial charge is 0.507 e. The number of aromatic hydroxyl groups is 1. The number of carboxylic acids is 1. The average molecular weight is 181 g/mol. The lowest BCUT2D eigenvalue weighted by atomic mass is 10.1. The molecule has 0 aliphatic carbocycles. The molecular weight excluding hydrogens is 174 g/mol. The van der Waals surface area contributed by atoms with Gasteiger partial charge in [0.25, 0.3) is 5.91 Å². The highest BCUT2D eigenvalue weighted by Crippen LogP contribution is 2.20. The van der Waals surface area contributed by atoms with Gasteiger partial charge in [0.2, 0.25) is 0 Å². The minimum absolute atomic E-state index is 0.299. The number of carboxylic acid groups (broad SMARTS) is 1. The van der Waals surface area contributed by atoms with E-state index in [4.69, 9.17) is 15.9 Å². The Morgan fingerprint density at radius 1 is 1.31 bits per heavy atom. The molecule has 1 aromatic rings. The lowest BCUT2D eigenvalue weighted by Gasteiger charge is -2.03. The molecule has 0 fully saturated rings. The van der Waals surface area contributed by atoms with E-state index in [0.29, 0.717) is 0 Å². The number of hydrogen-bond acceptors (Lipinski definition) is 3. The van der Waals surface area contributed by atoms with Gasteiger partial charge < -0.3 is 15.9 Å². The molecule has 68 valence electrons. The van der Waals surface area contributed by atoms with Crippen LogP contribution in [-0.2, 0) is 0 Å². The Hall–Kier alpha value is -2.04. The number of aromatic carboxylic acids is 1. The summed E-state index contributed by atoms with van der Waals surface area (Å²) in [6.45, 7) is 0. The Kier molecular flexibility index (Phi) is 2.19. The summed E-state index contributed by atoms with van der Waals surface area (Å²) in [7, 11) is 0. The van der Waals surface area contributed by atoms with Crippen molar-refractivity contribution < 1.29 is 19.8 Å². The van der Waals surface area contributed by atoms with Crippen LogP contribution in [0.5, 0.6) is 5.75 Å². The molecule has 4 N–H and O–H groups in total. The highest BCUT2D eigenvalue weighted by molar-refractivity contribution is 6.06. The number of amides is 1. The molecule has 0 heterocycles. The third kappa shape index (κ3) is 1.58. The summed E-state index contributed by atoms with van der Waals surface area (Å²) in [5, 5.41) is 17.8. The molecule has 5 heteroatoms. The molecule has 0 atom stereocenters. The van der Waals surface area contributed by atoms with Crippen molar-refractivity contribution in [2.75, 3.05) is 0 Å². The van der Waals surface area contributed by atoms with E-state index in [-0.39, 0.29) is 11.1 Å². The predicted molar refractivity (Wildman–Crippen MR) is 43.6 cm³/mol. The van der Waals surface area contributed by atoms with Crippen molar-refractivity contribution in [2.45, 2.75) is 0 Å². The first-order valence-electron chi connectivity index (χ1n) is 3.39. The van der Waals surface area contributed by atoms with Crippen LogP contribution in [0, 0.1) is 0 Å². The number of hydrogen-bond donors (Lipinski definition) is 3. The van der Waals surface area contributed by atoms with E-state index in [9.17, 15) is 9.59 Å². The van der Waals surface area contributed by atoms with Crippen molar-refractivity contribution in [1.82, 2.24) is 0 Å². The summed E-state index contributed by atoms with van der Waals surface area (Å²) in [6, 6.07) is 3.72. The van der Waals surface area contributed by atoms with Crippen LogP contribution in [0.25, 0.3) is 0 Å². The smallest absolute Gasteiger partial charge is 0.336 e. The zero-order chi connectivity index (χ0) is 10.0. The molecule has 5 nitrogen and oxygen atoms in total. The molecular formula is C8H7NO4. The molecule has 0 aliphatic rings. The zero-order valence-corrected chi connectivity index (χ0v) is 6.52. The van der Waals surface area contributed by atoms with E-state index in [2.05, 4.69) is 0 Å². The SMILES string of the molecule is NC(=O)c1c(O)cccc1C(=O)O. The summed E-state index contributed by atoms with van der Waals surface area (Å²) in [6.07, 6.45) is 0. The van der Waals surface area contributed by atoms with Gasteiger partial charge in [-0.2, -0.15) is 0 Å². The summed E-state index contributed by atoms with van der Waals surface area (Å²) in [5.41, 5.74) is 4.23. The van der Waals surface area contributed by atoms with E-state index in [0.717, 1.165) is 0 Å². The molecule has 1 aromatic carbocycles. The Balaban J connectivity index is 3.43. The molecule has 0 radical (unpaired) electrons. The molecule has 0 aliphatic heterocycles. The van der Waals surface area contributed by atoms with Gasteiger partial charge in [-0.3, -0.25) is 4.79 Å². The predicted octanol–water partition coefficient (Wildman–Crippen LogP) is 0.189. The molecule has 1 rings (SSSR count). The minimum atomic E-state index is -1.30. The molecule has 0 bridgehead atoms. The quantitative estimate of drug-likeness (QED) is 0.606. The highest BCUT2D eigenvalue weighted by atomic mass is 16.4. The Bertz CT molecular complexity index is 372. The number of carbonyl (C=O) groups is 2. The summed E-state index contributed by atoms with van der Waals surface area (Å²) in [4.78, 5) is 21.3. The van der Waals surface area contributed by atoms with E-state index in [1.165, 1.54) is 18.2 Å². The molecule has 13 heavy (non-hydrogen) atoms. The van der Waals surface area contributed by atoms with Gasteiger partial charge in [-0.25, -0.2) is 4.79 Å². The fraction of sp³-hybridized carbons (Fsp3) is 0. The lowest BCUT2D eigenvalue weighted by molar-refractivity contribution is 0.0691. The van der Waals surface area contributed by atoms with Crippen LogP contribution in [0.1, 0.15) is 20.7 Å². The second-order valence-electron chi connectivity index (χ2n) is 2.37. The molecule has 0 aromatic heterocycles. The lowest BCUT2D eigenvalue weighted by Crippen LogP contribution is -2.16. The fourth-order valence-corrected chi connectivity index (χ4v) is 0.977. The Morgan fingerprint density at radius 3 is 2.31 bits per heavy atom. The highest BCUT2D eigenvalue weighted by Gasteiger charge is 2.17. The standard InChI is InChI=1S/C8H7NO4/c9-7(11)6-4(8(12)13)2-1-3-5(6)10/h1-3,10H,(H2,9,11)(H,12,13). The van der Waals surface area contributed by atoms with Crippen LogP contribution >= 0.6 is 0 Å². The number of rotatable bonds is 2. The number of benzene rings is 1. The second-order valence-corrected chi connectivity index (χ2v) is 2.37. The summed E-state index contributed by atoms with van der Waals surface area (Å²) >= 11 is 0. The molecule has 1 amide bonds. The topological polar surface area (TPSA) is 101 Å². The van der Waals surface area contributed by atoms with Crippen molar-refractivity contribution in [3.63, 3.8) is 0 Å². The second kappa shape index (κ2) is 3.14. The van der Waals surface area contributed by atoms with E-state index in [1.54, 1.807) is 0 Å². The normalized spacial score (nSPS) is 9.54. The van der Waals surface area contributed by atoms with Gasteiger partial charge in [0, 0.05) is 0 Å². The monoisotopic (exact) mass is 181 g/mol. The Morgan fingerprint density at radius 2 is 1.92 bits per heavy atom. The van der Waals surface area contributed by atoms with Gasteiger partial charge in [0.15, 0.2) is 0 Å². The van der Waals surface area contributed by atoms with E-state index in [1.807, 2.05) is 0 Å². The third-order valence-electron chi connectivity index (χ3n) is 1.52. The molecule has 0 saturated carbocycles. The van der Waals surface area contributed by atoms with Gasteiger partial charge in [-0.05, 0) is 12.1 Å². The maximum atomic E-state index is 10.7. The van der Waals surface area contributed by atoms with Crippen molar-refractivity contribution in [3.05, 3.63) is 29.3 Å². The first kappa shape index (κ1) is 9.05. The first-order chi connectivity index (χ1) is 6.04. The Labute approximate surface area is 73.4 Å². The van der Waals surface area contributed by atoms with E-state index < -0.39 is 17.6 Å². The maximum Gasteiger partial charge on any atom is 0.336 e. The van der Waals surface area contributed by atoms with Crippen molar-refractivity contribution >= 4 is 11.9 Å². The minimum Gasteiger partial charge on any atom is -0.507 e. The van der Waals surface area contributed by atoms with Gasteiger partial charge in [0.05, 0.1) is 11.1 Å². The third-order valence-corrected chi connectivity index (χ3v) is 1.52. The number of nitrogens with two attached hydrogens (primary N) is 1. The van der Waals surface area contributed by atoms with Crippen LogP contribution in [0.3, 0.4) is 0 Å². The van der Waals surface area contributed by atoms with Crippen molar-refractivity contribution in [3.8, 4) is 5.75 Å². The van der Waals surface area contributed by atoms with Crippen LogP contribution in [0.4, 0.5) is 0 Å². The fourth-order valence-electron chi connectivity index (χ4n) is 0.977. The van der Waals surface area contributed by atoms with Gasteiger partial charge in [0.1, 0.15) is 5.75 Å². The first-order valence-corrected chi connectivity index (χ1v) is 3.39. The average Bonchev–Trinajstić information content (AvgIpc) is 2.02. The summed E-state index contributed by atoms with van der Waals surface area (Å²) < 4.78 is 0. The molecule has 0 unspecified atom stereocenters. The van der Waals surface area contributed by atoms with Crippen molar-refractivity contribution in [2.24, 2.45) is 5.73 Å². The van der Waals surface area contributed by atoms with Gasteiger partial charge >= 0.3 is 5.97 Å². The van der Waals surface area contributed by atoms with E-state index >= 15 is 0 Å². The van der Waals surface area contributed by atoms with Crippen LogP contribution in [-0.4, -0.2) is 22.1 Å². The van der Waals surface area contributed by atoms with Gasteiger partial charge in [-0.15, -0.1) is 0 Å². The molecule has 0 saturated heterocycles. The van der Waals surface area contributed by atoms with Crippen LogP contribution in [0.15, 0.2) is 18.2 Å². The zero-order valence-electron chi connectivity index (χ0n) is 6.52. The number of primary amides is 1. The van der Waals surface area contributed by atoms with Gasteiger partial charge in [-0.1, -0.05) is 6.07 Å². The number of carbonyl (C=O) groups excluding carboxylic acids is 1. The van der Waals surface area contributed by atoms with Crippen LogP contribution in [0.2, 0.25) is 0 Å².